The fourth-order valence-corrected chi connectivity index (χ4v) is 2.38. The predicted molar refractivity (Wildman–Crippen MR) is 80.3 cm³/mol. The molecule has 2 aromatic carbocycles. The highest BCUT2D eigenvalue weighted by atomic mass is 32.2. The molecule has 5 heteroatoms. The van der Waals surface area contributed by atoms with Crippen LogP contribution < -0.4 is 9.46 Å². The highest BCUT2D eigenvalue weighted by molar-refractivity contribution is 8.00. The number of rotatable bonds is 5. The number of methoxy groups -OCH3 is 2. The number of esters is 1. The van der Waals surface area contributed by atoms with Gasteiger partial charge in [0.15, 0.2) is 0 Å². The third-order valence-corrected chi connectivity index (χ3v) is 3.57. The molecule has 2 aromatic rings. The molecular formula is C15H15NO3S. The first-order valence-corrected chi connectivity index (χ1v) is 6.80. The molecule has 0 atom stereocenters. The number of hydrogen-bond donors (Lipinski definition) is 1. The number of nitrogens with one attached hydrogen (secondary N) is 1. The van der Waals surface area contributed by atoms with E-state index < -0.39 is 0 Å². The first-order valence-electron chi connectivity index (χ1n) is 5.99. The van der Waals surface area contributed by atoms with Crippen LogP contribution in [-0.4, -0.2) is 20.2 Å². The molecule has 0 saturated carbocycles. The van der Waals surface area contributed by atoms with Crippen molar-refractivity contribution in [2.45, 2.75) is 4.90 Å². The van der Waals surface area contributed by atoms with Gasteiger partial charge in [-0.05, 0) is 48.3 Å². The van der Waals surface area contributed by atoms with Crippen molar-refractivity contribution in [2.75, 3.05) is 18.9 Å². The summed E-state index contributed by atoms with van der Waals surface area (Å²) >= 11 is 1.37. The lowest BCUT2D eigenvalue weighted by Gasteiger charge is -2.09. The van der Waals surface area contributed by atoms with Crippen molar-refractivity contribution in [2.24, 2.45) is 0 Å². The van der Waals surface area contributed by atoms with Gasteiger partial charge in [-0.25, -0.2) is 4.79 Å². The van der Waals surface area contributed by atoms with Crippen molar-refractivity contribution < 1.29 is 14.3 Å². The van der Waals surface area contributed by atoms with Gasteiger partial charge in [-0.15, -0.1) is 0 Å². The maximum absolute atomic E-state index is 11.6. The summed E-state index contributed by atoms with van der Waals surface area (Å²) < 4.78 is 13.0. The van der Waals surface area contributed by atoms with Crippen LogP contribution in [0.4, 0.5) is 5.69 Å². The van der Waals surface area contributed by atoms with Gasteiger partial charge >= 0.3 is 5.97 Å². The van der Waals surface area contributed by atoms with E-state index in [1.165, 1.54) is 19.1 Å². The lowest BCUT2D eigenvalue weighted by molar-refractivity contribution is 0.0597. The van der Waals surface area contributed by atoms with E-state index in [9.17, 15) is 4.79 Å². The largest absolute Gasteiger partial charge is 0.497 e. The summed E-state index contributed by atoms with van der Waals surface area (Å²) in [6.45, 7) is 0. The van der Waals surface area contributed by atoms with E-state index in [0.29, 0.717) is 5.56 Å². The van der Waals surface area contributed by atoms with Crippen LogP contribution in [-0.2, 0) is 4.74 Å². The number of hydrogen-bond acceptors (Lipinski definition) is 5. The highest BCUT2D eigenvalue weighted by Crippen LogP contribution is 2.26. The average molecular weight is 289 g/mol. The molecule has 104 valence electrons. The Labute approximate surface area is 122 Å². The topological polar surface area (TPSA) is 47.6 Å². The van der Waals surface area contributed by atoms with Gasteiger partial charge < -0.3 is 14.2 Å². The van der Waals surface area contributed by atoms with Gasteiger partial charge in [-0.1, -0.05) is 12.1 Å². The van der Waals surface area contributed by atoms with Gasteiger partial charge in [0.1, 0.15) is 5.75 Å². The fourth-order valence-electron chi connectivity index (χ4n) is 1.61. The predicted octanol–water partition coefficient (Wildman–Crippen LogP) is 3.60. The molecule has 0 aliphatic heterocycles. The van der Waals surface area contributed by atoms with Crippen LogP contribution in [0, 0.1) is 0 Å². The summed E-state index contributed by atoms with van der Waals surface area (Å²) in [5.74, 6) is 0.458. The smallest absolute Gasteiger partial charge is 0.339 e. The Kier molecular flexibility index (Phi) is 4.90. The molecule has 0 unspecified atom stereocenters. The summed E-state index contributed by atoms with van der Waals surface area (Å²) in [7, 11) is 3.00. The number of benzene rings is 2. The van der Waals surface area contributed by atoms with E-state index >= 15 is 0 Å². The SMILES string of the molecule is COC(=O)c1ccccc1SNc1ccc(OC)cc1. The molecule has 0 radical (unpaired) electrons. The Morgan fingerprint density at radius 2 is 1.75 bits per heavy atom. The van der Waals surface area contributed by atoms with E-state index in [-0.39, 0.29) is 5.97 Å². The second kappa shape index (κ2) is 6.86. The highest BCUT2D eigenvalue weighted by Gasteiger charge is 2.11. The van der Waals surface area contributed by atoms with E-state index in [2.05, 4.69) is 4.72 Å². The number of carbonyl (C=O) groups excluding carboxylic acids is 1. The van der Waals surface area contributed by atoms with Crippen molar-refractivity contribution in [1.29, 1.82) is 0 Å². The maximum Gasteiger partial charge on any atom is 0.339 e. The third-order valence-electron chi connectivity index (χ3n) is 2.66. The van der Waals surface area contributed by atoms with E-state index in [4.69, 9.17) is 9.47 Å². The van der Waals surface area contributed by atoms with Crippen LogP contribution in [0.15, 0.2) is 53.4 Å². The molecule has 0 aliphatic rings. The Morgan fingerprint density at radius 1 is 1.05 bits per heavy atom. The zero-order valence-electron chi connectivity index (χ0n) is 11.3. The zero-order valence-corrected chi connectivity index (χ0v) is 12.1. The minimum absolute atomic E-state index is 0.343. The van der Waals surface area contributed by atoms with Crippen LogP contribution >= 0.6 is 11.9 Å². The van der Waals surface area contributed by atoms with Crippen LogP contribution in [0.2, 0.25) is 0 Å². The van der Waals surface area contributed by atoms with Gasteiger partial charge in [0, 0.05) is 10.6 Å². The number of carbonyl (C=O) groups is 1. The summed E-state index contributed by atoms with van der Waals surface area (Å²) in [6.07, 6.45) is 0. The normalized spacial score (nSPS) is 9.90. The number of ether oxygens (including phenoxy) is 2. The fraction of sp³-hybridized carbons (Fsp3) is 0.133. The summed E-state index contributed by atoms with van der Waals surface area (Å²) in [6, 6.07) is 14.9. The van der Waals surface area contributed by atoms with Gasteiger partial charge in [-0.3, -0.25) is 0 Å². The zero-order chi connectivity index (χ0) is 14.4. The quantitative estimate of drug-likeness (QED) is 0.673. The monoisotopic (exact) mass is 289 g/mol. The second-order valence-corrected chi connectivity index (χ2v) is 4.77. The Morgan fingerprint density at radius 3 is 2.40 bits per heavy atom. The minimum Gasteiger partial charge on any atom is -0.497 e. The second-order valence-electron chi connectivity index (χ2n) is 3.92. The van der Waals surface area contributed by atoms with Gasteiger partial charge in [0.25, 0.3) is 0 Å². The number of anilines is 1. The molecule has 1 N–H and O–H groups in total. The minimum atomic E-state index is -0.343. The van der Waals surface area contributed by atoms with E-state index in [1.807, 2.05) is 42.5 Å². The molecule has 20 heavy (non-hydrogen) atoms. The Bertz CT molecular complexity index is 584. The Balaban J connectivity index is 2.08. The lowest BCUT2D eigenvalue weighted by atomic mass is 10.2. The van der Waals surface area contributed by atoms with Gasteiger partial charge in [-0.2, -0.15) is 0 Å². The van der Waals surface area contributed by atoms with Crippen molar-refractivity contribution in [1.82, 2.24) is 0 Å². The van der Waals surface area contributed by atoms with E-state index in [1.54, 1.807) is 13.2 Å². The molecule has 0 bridgehead atoms. The average Bonchev–Trinajstić information content (AvgIpc) is 2.53. The first kappa shape index (κ1) is 14.3. The van der Waals surface area contributed by atoms with Crippen molar-refractivity contribution >= 4 is 23.6 Å². The van der Waals surface area contributed by atoms with Crippen LogP contribution in [0.1, 0.15) is 10.4 Å². The summed E-state index contributed by atoms with van der Waals surface area (Å²) in [4.78, 5) is 12.5. The molecule has 0 fully saturated rings. The standard InChI is InChI=1S/C15H15NO3S/c1-18-12-9-7-11(8-10-12)16-20-14-6-4-3-5-13(14)15(17)19-2/h3-10,16H,1-2H3. The molecule has 0 aliphatic carbocycles. The van der Waals surface area contributed by atoms with Crippen molar-refractivity contribution in [3.63, 3.8) is 0 Å². The van der Waals surface area contributed by atoms with E-state index in [0.717, 1.165) is 16.3 Å². The third kappa shape index (κ3) is 3.45. The molecule has 0 aromatic heterocycles. The lowest BCUT2D eigenvalue weighted by Crippen LogP contribution is -2.03. The molecule has 0 saturated heterocycles. The maximum atomic E-state index is 11.6. The van der Waals surface area contributed by atoms with Gasteiger partial charge in [0.05, 0.1) is 19.8 Å². The molecule has 0 heterocycles. The van der Waals surface area contributed by atoms with Crippen LogP contribution in [0.25, 0.3) is 0 Å². The van der Waals surface area contributed by atoms with Crippen LogP contribution in [0.5, 0.6) is 5.75 Å². The molecule has 0 spiro atoms. The summed E-state index contributed by atoms with van der Waals surface area (Å²) in [5, 5.41) is 0. The molecule has 4 nitrogen and oxygen atoms in total. The van der Waals surface area contributed by atoms with Crippen molar-refractivity contribution in [3.8, 4) is 5.75 Å². The van der Waals surface area contributed by atoms with Gasteiger partial charge in [0.2, 0.25) is 0 Å². The summed E-state index contributed by atoms with van der Waals surface area (Å²) in [5.41, 5.74) is 1.47. The van der Waals surface area contributed by atoms with Crippen LogP contribution in [0.3, 0.4) is 0 Å². The van der Waals surface area contributed by atoms with Crippen molar-refractivity contribution in [3.05, 3.63) is 54.1 Å². The Hall–Kier alpha value is -2.14. The first-order chi connectivity index (χ1) is 9.74. The molecular weight excluding hydrogens is 274 g/mol. The molecule has 2 rings (SSSR count). The molecule has 0 amide bonds.